The summed E-state index contributed by atoms with van der Waals surface area (Å²) in [6.07, 6.45) is -0.114. The minimum Gasteiger partial charge on any atom is -0.373 e. The van der Waals surface area contributed by atoms with Gasteiger partial charge in [0, 0.05) is 19.6 Å². The molecular weight excluding hydrogens is 338 g/mol. The van der Waals surface area contributed by atoms with Crippen LogP contribution in [0.25, 0.3) is 11.0 Å². The highest BCUT2D eigenvalue weighted by Gasteiger charge is 2.32. The zero-order chi connectivity index (χ0) is 18.8. The van der Waals surface area contributed by atoms with Crippen LogP contribution in [-0.2, 0) is 11.3 Å². The van der Waals surface area contributed by atoms with Gasteiger partial charge in [0.15, 0.2) is 0 Å². The lowest BCUT2D eigenvalue weighted by molar-refractivity contribution is -0.0495. The molecule has 3 aromatic rings. The number of H-pyrrole nitrogens is 1. The summed E-state index contributed by atoms with van der Waals surface area (Å²) in [4.78, 5) is 18.0. The van der Waals surface area contributed by atoms with Gasteiger partial charge >= 0.3 is 5.69 Å². The van der Waals surface area contributed by atoms with Gasteiger partial charge in [-0.05, 0) is 24.6 Å². The Kier molecular flexibility index (Phi) is 4.97. The first-order valence-electron chi connectivity index (χ1n) is 9.36. The summed E-state index contributed by atoms with van der Waals surface area (Å²) in [6, 6.07) is 18.0. The Bertz CT molecular complexity index is 989. The van der Waals surface area contributed by atoms with E-state index in [4.69, 9.17) is 4.74 Å². The van der Waals surface area contributed by atoms with Crippen molar-refractivity contribution in [2.24, 2.45) is 0 Å². The second-order valence-corrected chi connectivity index (χ2v) is 7.24. The minimum atomic E-state index is -0.202. The molecule has 0 aliphatic carbocycles. The summed E-state index contributed by atoms with van der Waals surface area (Å²) in [6.45, 7) is 9.32. The van der Waals surface area contributed by atoms with E-state index in [1.807, 2.05) is 37.3 Å². The molecule has 0 amide bonds. The first-order valence-corrected chi connectivity index (χ1v) is 9.36. The van der Waals surface area contributed by atoms with Crippen LogP contribution in [0, 0.1) is 0 Å². The number of morpholine rings is 1. The number of benzene rings is 2. The Labute approximate surface area is 158 Å². The Balaban J connectivity index is 1.63. The lowest BCUT2D eigenvalue weighted by Crippen LogP contribution is -2.47. The van der Waals surface area contributed by atoms with Gasteiger partial charge in [-0.15, -0.1) is 0 Å². The molecule has 2 aromatic carbocycles. The molecule has 1 aromatic heterocycles. The fourth-order valence-electron chi connectivity index (χ4n) is 3.96. The maximum absolute atomic E-state index is 12.7. The molecule has 2 heterocycles. The molecule has 2 atom stereocenters. The molecule has 2 unspecified atom stereocenters. The summed E-state index contributed by atoms with van der Waals surface area (Å²) >= 11 is 0. The van der Waals surface area contributed by atoms with Gasteiger partial charge in [-0.2, -0.15) is 0 Å². The zero-order valence-corrected chi connectivity index (χ0v) is 15.6. The van der Waals surface area contributed by atoms with Crippen LogP contribution in [-0.4, -0.2) is 40.3 Å². The molecule has 0 saturated carbocycles. The maximum Gasteiger partial charge on any atom is 0.327 e. The van der Waals surface area contributed by atoms with Crippen molar-refractivity contribution < 1.29 is 4.74 Å². The summed E-state index contributed by atoms with van der Waals surface area (Å²) < 4.78 is 7.92. The number of para-hydroxylation sites is 2. The van der Waals surface area contributed by atoms with Crippen LogP contribution >= 0.6 is 0 Å². The number of aromatic nitrogens is 2. The van der Waals surface area contributed by atoms with Crippen molar-refractivity contribution in [3.8, 4) is 0 Å². The van der Waals surface area contributed by atoms with Crippen molar-refractivity contribution in [2.45, 2.75) is 25.6 Å². The number of rotatable bonds is 5. The van der Waals surface area contributed by atoms with Crippen molar-refractivity contribution >= 4 is 11.0 Å². The summed E-state index contributed by atoms with van der Waals surface area (Å²) in [5.74, 6) is 0. The van der Waals surface area contributed by atoms with E-state index in [1.54, 1.807) is 4.57 Å². The van der Waals surface area contributed by atoms with E-state index in [2.05, 4.69) is 40.7 Å². The van der Waals surface area contributed by atoms with E-state index in [-0.39, 0.29) is 17.8 Å². The largest absolute Gasteiger partial charge is 0.373 e. The monoisotopic (exact) mass is 363 g/mol. The predicted octanol–water partition coefficient (Wildman–Crippen LogP) is 3.35. The molecule has 1 saturated heterocycles. The number of nitrogens with zero attached hydrogens (tertiary/aromatic N) is 2. The van der Waals surface area contributed by atoms with Gasteiger partial charge in [0.2, 0.25) is 0 Å². The van der Waals surface area contributed by atoms with Gasteiger partial charge in [0.1, 0.15) is 0 Å². The molecular formula is C22H25N3O2. The lowest BCUT2D eigenvalue weighted by Gasteiger charge is -2.37. The molecule has 5 nitrogen and oxygen atoms in total. The quantitative estimate of drug-likeness (QED) is 0.707. The van der Waals surface area contributed by atoms with Gasteiger partial charge in [-0.3, -0.25) is 9.47 Å². The smallest absolute Gasteiger partial charge is 0.327 e. The van der Waals surface area contributed by atoms with Gasteiger partial charge in [-0.1, -0.05) is 54.6 Å². The average molecular weight is 363 g/mol. The first-order chi connectivity index (χ1) is 13.1. The second kappa shape index (κ2) is 7.55. The van der Waals surface area contributed by atoms with Crippen LogP contribution in [0.3, 0.4) is 0 Å². The van der Waals surface area contributed by atoms with E-state index in [0.29, 0.717) is 6.61 Å². The first kappa shape index (κ1) is 17.8. The van der Waals surface area contributed by atoms with Gasteiger partial charge in [0.25, 0.3) is 0 Å². The summed E-state index contributed by atoms with van der Waals surface area (Å²) in [5, 5.41) is 0. The van der Waals surface area contributed by atoms with Crippen molar-refractivity contribution in [3.63, 3.8) is 0 Å². The topological polar surface area (TPSA) is 50.3 Å². The standard InChI is InChI=1S/C22H25N3O2/c1-16(2)21(25-19-11-7-6-10-18(19)23-22(25)26)20-15-24(12-13-27-20)14-17-8-4-3-5-9-17/h3-11,20-21H,1,12-15H2,2H3,(H,23,26). The molecule has 0 bridgehead atoms. The van der Waals surface area contributed by atoms with E-state index >= 15 is 0 Å². The third kappa shape index (κ3) is 3.61. The van der Waals surface area contributed by atoms with E-state index in [1.165, 1.54) is 5.56 Å². The number of ether oxygens (including phenoxy) is 1. The van der Waals surface area contributed by atoms with Gasteiger partial charge in [-0.25, -0.2) is 4.79 Å². The normalized spacial score (nSPS) is 19.2. The molecule has 4 rings (SSSR count). The number of hydrogen-bond acceptors (Lipinski definition) is 3. The second-order valence-electron chi connectivity index (χ2n) is 7.24. The van der Waals surface area contributed by atoms with E-state index in [9.17, 15) is 4.79 Å². The third-order valence-corrected chi connectivity index (χ3v) is 5.19. The molecule has 1 aliphatic heterocycles. The van der Waals surface area contributed by atoms with Crippen molar-refractivity contribution in [1.29, 1.82) is 0 Å². The molecule has 0 radical (unpaired) electrons. The minimum absolute atomic E-state index is 0.114. The van der Waals surface area contributed by atoms with Crippen LogP contribution in [0.2, 0.25) is 0 Å². The van der Waals surface area contributed by atoms with Crippen LogP contribution in [0.15, 0.2) is 71.5 Å². The van der Waals surface area contributed by atoms with Crippen LogP contribution in [0.5, 0.6) is 0 Å². The van der Waals surface area contributed by atoms with Crippen molar-refractivity contribution in [1.82, 2.24) is 14.5 Å². The lowest BCUT2D eigenvalue weighted by atomic mass is 10.0. The highest BCUT2D eigenvalue weighted by molar-refractivity contribution is 5.75. The molecule has 0 spiro atoms. The van der Waals surface area contributed by atoms with Gasteiger partial charge < -0.3 is 9.72 Å². The van der Waals surface area contributed by atoms with Crippen molar-refractivity contribution in [3.05, 3.63) is 82.8 Å². The Morgan fingerprint density at radius 2 is 1.96 bits per heavy atom. The molecule has 1 N–H and O–H groups in total. The average Bonchev–Trinajstić information content (AvgIpc) is 2.99. The predicted molar refractivity (Wildman–Crippen MR) is 108 cm³/mol. The maximum atomic E-state index is 12.7. The number of fused-ring (bicyclic) bond motifs is 1. The number of nitrogens with one attached hydrogen (secondary N) is 1. The number of hydrogen-bond donors (Lipinski definition) is 1. The SMILES string of the molecule is C=C(C)C(C1CN(Cc2ccccc2)CCO1)n1c(=O)[nH]c2ccccc21. The van der Waals surface area contributed by atoms with Crippen LogP contribution < -0.4 is 5.69 Å². The summed E-state index contributed by atoms with van der Waals surface area (Å²) in [5.41, 5.74) is 3.82. The Morgan fingerprint density at radius 3 is 2.74 bits per heavy atom. The Hall–Kier alpha value is -2.63. The molecule has 27 heavy (non-hydrogen) atoms. The fraction of sp³-hybridized carbons (Fsp3) is 0.318. The van der Waals surface area contributed by atoms with Gasteiger partial charge in [0.05, 0.1) is 29.8 Å². The molecule has 1 fully saturated rings. The molecule has 1 aliphatic rings. The highest BCUT2D eigenvalue weighted by atomic mass is 16.5. The van der Waals surface area contributed by atoms with Crippen molar-refractivity contribution in [2.75, 3.05) is 19.7 Å². The highest BCUT2D eigenvalue weighted by Crippen LogP contribution is 2.28. The molecule has 140 valence electrons. The number of imidazole rings is 1. The van der Waals surface area contributed by atoms with E-state index in [0.717, 1.165) is 36.2 Å². The van der Waals surface area contributed by atoms with Crippen LogP contribution in [0.4, 0.5) is 0 Å². The molecule has 5 heteroatoms. The number of aromatic amines is 1. The summed E-state index contributed by atoms with van der Waals surface area (Å²) in [7, 11) is 0. The van der Waals surface area contributed by atoms with Crippen LogP contribution in [0.1, 0.15) is 18.5 Å². The third-order valence-electron chi connectivity index (χ3n) is 5.19. The van der Waals surface area contributed by atoms with E-state index < -0.39 is 0 Å². The fourth-order valence-corrected chi connectivity index (χ4v) is 3.96. The Morgan fingerprint density at radius 1 is 1.22 bits per heavy atom. The zero-order valence-electron chi connectivity index (χ0n) is 15.6.